The fourth-order valence-corrected chi connectivity index (χ4v) is 1.52. The minimum absolute atomic E-state index is 0.00571. The number of hydrogen-bond acceptors (Lipinski definition) is 3. The molecule has 0 aromatic carbocycles. The summed E-state index contributed by atoms with van der Waals surface area (Å²) in [7, 11) is 2.11. The molecule has 4 nitrogen and oxygen atoms in total. The van der Waals surface area contributed by atoms with Crippen molar-refractivity contribution in [2.45, 2.75) is 44.7 Å². The zero-order chi connectivity index (χ0) is 11.3. The molecule has 0 bridgehead atoms. The highest BCUT2D eigenvalue weighted by molar-refractivity contribution is 5.76. The highest BCUT2D eigenvalue weighted by Gasteiger charge is 2.25. The molecule has 1 rings (SSSR count). The number of rotatable bonds is 7. The van der Waals surface area contributed by atoms with Gasteiger partial charge < -0.3 is 16.0 Å². The molecule has 1 unspecified atom stereocenters. The topological polar surface area (TPSA) is 58.4 Å². The Balaban J connectivity index is 2.00. The van der Waals surface area contributed by atoms with Gasteiger partial charge >= 0.3 is 0 Å². The van der Waals surface area contributed by atoms with E-state index < -0.39 is 0 Å². The Kier molecular flexibility index (Phi) is 5.05. The van der Waals surface area contributed by atoms with Gasteiger partial charge in [0.2, 0.25) is 5.91 Å². The fourth-order valence-electron chi connectivity index (χ4n) is 1.52. The molecule has 3 N–H and O–H groups in total. The molecule has 0 aromatic rings. The molecule has 1 aliphatic carbocycles. The molecule has 15 heavy (non-hydrogen) atoms. The molecule has 1 aliphatic rings. The molecule has 1 atom stereocenters. The van der Waals surface area contributed by atoms with Gasteiger partial charge in [-0.15, -0.1) is 0 Å². The molecule has 0 heterocycles. The minimum atomic E-state index is 0.00571. The van der Waals surface area contributed by atoms with Gasteiger partial charge in [-0.3, -0.25) is 4.79 Å². The largest absolute Gasteiger partial charge is 0.355 e. The second-order valence-corrected chi connectivity index (χ2v) is 4.43. The summed E-state index contributed by atoms with van der Waals surface area (Å²) in [5.74, 6) is 0.0774. The molecule has 4 heteroatoms. The van der Waals surface area contributed by atoms with Crippen LogP contribution in [0.4, 0.5) is 0 Å². The van der Waals surface area contributed by atoms with Crippen molar-refractivity contribution in [1.82, 2.24) is 10.2 Å². The predicted molar refractivity (Wildman–Crippen MR) is 61.5 cm³/mol. The van der Waals surface area contributed by atoms with Gasteiger partial charge in [0.1, 0.15) is 0 Å². The summed E-state index contributed by atoms with van der Waals surface area (Å²) in [6.07, 6.45) is 3.93. The SMILES string of the molecule is CCC(N)CC(=O)NCCN(C)C1CC1. The molecule has 1 saturated carbocycles. The molecule has 0 aliphatic heterocycles. The number of carbonyl (C=O) groups excluding carboxylic acids is 1. The lowest BCUT2D eigenvalue weighted by molar-refractivity contribution is -0.121. The van der Waals surface area contributed by atoms with Crippen LogP contribution in [0.15, 0.2) is 0 Å². The summed E-state index contributed by atoms with van der Waals surface area (Å²) in [4.78, 5) is 13.7. The van der Waals surface area contributed by atoms with Gasteiger partial charge in [-0.1, -0.05) is 6.92 Å². The Bertz CT molecular complexity index is 204. The van der Waals surface area contributed by atoms with E-state index in [-0.39, 0.29) is 11.9 Å². The van der Waals surface area contributed by atoms with E-state index in [0.717, 1.165) is 25.6 Å². The van der Waals surface area contributed by atoms with E-state index in [1.54, 1.807) is 0 Å². The van der Waals surface area contributed by atoms with E-state index in [2.05, 4.69) is 17.3 Å². The number of nitrogens with one attached hydrogen (secondary N) is 1. The maximum absolute atomic E-state index is 11.4. The number of nitrogens with two attached hydrogens (primary N) is 1. The second kappa shape index (κ2) is 6.08. The summed E-state index contributed by atoms with van der Waals surface area (Å²) in [5, 5.41) is 2.90. The van der Waals surface area contributed by atoms with Gasteiger partial charge in [0.05, 0.1) is 0 Å². The van der Waals surface area contributed by atoms with E-state index in [0.29, 0.717) is 6.42 Å². The number of likely N-dealkylation sites (N-methyl/N-ethyl adjacent to an activating group) is 1. The monoisotopic (exact) mass is 213 g/mol. The Morgan fingerprint density at radius 3 is 2.80 bits per heavy atom. The smallest absolute Gasteiger partial charge is 0.221 e. The van der Waals surface area contributed by atoms with Crippen molar-refractivity contribution >= 4 is 5.91 Å². The van der Waals surface area contributed by atoms with Gasteiger partial charge in [0.25, 0.3) is 0 Å². The molecule has 0 radical (unpaired) electrons. The minimum Gasteiger partial charge on any atom is -0.355 e. The first-order valence-corrected chi connectivity index (χ1v) is 5.86. The maximum Gasteiger partial charge on any atom is 0.221 e. The van der Waals surface area contributed by atoms with Crippen LogP contribution in [0.1, 0.15) is 32.6 Å². The van der Waals surface area contributed by atoms with Crippen LogP contribution in [-0.4, -0.2) is 43.0 Å². The van der Waals surface area contributed by atoms with E-state index in [1.807, 2.05) is 6.92 Å². The normalized spacial score (nSPS) is 17.9. The summed E-state index contributed by atoms with van der Waals surface area (Å²) in [6.45, 7) is 3.68. The Hall–Kier alpha value is -0.610. The first-order chi connectivity index (χ1) is 7.13. The van der Waals surface area contributed by atoms with E-state index in [4.69, 9.17) is 5.73 Å². The van der Waals surface area contributed by atoms with Crippen molar-refractivity contribution in [1.29, 1.82) is 0 Å². The summed E-state index contributed by atoms with van der Waals surface area (Å²) < 4.78 is 0. The fraction of sp³-hybridized carbons (Fsp3) is 0.909. The predicted octanol–water partition coefficient (Wildman–Crippen LogP) is 0.324. The first-order valence-electron chi connectivity index (χ1n) is 5.86. The average molecular weight is 213 g/mol. The van der Waals surface area contributed by atoms with Gasteiger partial charge in [0.15, 0.2) is 0 Å². The molecule has 1 fully saturated rings. The highest BCUT2D eigenvalue weighted by Crippen LogP contribution is 2.24. The lowest BCUT2D eigenvalue weighted by atomic mass is 10.1. The van der Waals surface area contributed by atoms with Crippen LogP contribution in [0.3, 0.4) is 0 Å². The number of carbonyl (C=O) groups is 1. The molecular weight excluding hydrogens is 190 g/mol. The van der Waals surface area contributed by atoms with Crippen LogP contribution in [0, 0.1) is 0 Å². The highest BCUT2D eigenvalue weighted by atomic mass is 16.1. The summed E-state index contributed by atoms with van der Waals surface area (Å²) in [6, 6.07) is 0.769. The zero-order valence-electron chi connectivity index (χ0n) is 9.83. The molecular formula is C11H23N3O. The van der Waals surface area contributed by atoms with Crippen LogP contribution >= 0.6 is 0 Å². The van der Waals surface area contributed by atoms with Crippen molar-refractivity contribution in [3.8, 4) is 0 Å². The number of hydrogen-bond donors (Lipinski definition) is 2. The Morgan fingerprint density at radius 1 is 1.60 bits per heavy atom. The van der Waals surface area contributed by atoms with Crippen molar-refractivity contribution in [3.63, 3.8) is 0 Å². The molecule has 0 spiro atoms. The second-order valence-electron chi connectivity index (χ2n) is 4.43. The third-order valence-electron chi connectivity index (χ3n) is 2.93. The van der Waals surface area contributed by atoms with Crippen LogP contribution in [-0.2, 0) is 4.79 Å². The average Bonchev–Trinajstić information content (AvgIpc) is 3.00. The van der Waals surface area contributed by atoms with Crippen molar-refractivity contribution < 1.29 is 4.79 Å². The van der Waals surface area contributed by atoms with Gasteiger partial charge in [-0.05, 0) is 26.3 Å². The molecule has 0 aromatic heterocycles. The van der Waals surface area contributed by atoms with Crippen LogP contribution in [0.25, 0.3) is 0 Å². The van der Waals surface area contributed by atoms with Crippen molar-refractivity contribution in [3.05, 3.63) is 0 Å². The Morgan fingerprint density at radius 2 is 2.27 bits per heavy atom. The summed E-state index contributed by atoms with van der Waals surface area (Å²) in [5.41, 5.74) is 5.69. The van der Waals surface area contributed by atoms with Crippen LogP contribution in [0.2, 0.25) is 0 Å². The molecule has 0 saturated heterocycles. The lowest BCUT2D eigenvalue weighted by Gasteiger charge is -2.16. The van der Waals surface area contributed by atoms with E-state index in [1.165, 1.54) is 12.8 Å². The Labute approximate surface area is 92.2 Å². The third-order valence-corrected chi connectivity index (χ3v) is 2.93. The third kappa shape index (κ3) is 5.14. The quantitative estimate of drug-likeness (QED) is 0.640. The standard InChI is InChI=1S/C11H23N3O/c1-3-9(12)8-11(15)13-6-7-14(2)10-4-5-10/h9-10H,3-8,12H2,1-2H3,(H,13,15). The van der Waals surface area contributed by atoms with Crippen LogP contribution in [0.5, 0.6) is 0 Å². The van der Waals surface area contributed by atoms with Crippen molar-refractivity contribution in [2.75, 3.05) is 20.1 Å². The van der Waals surface area contributed by atoms with Crippen molar-refractivity contribution in [2.24, 2.45) is 5.73 Å². The van der Waals surface area contributed by atoms with Gasteiger partial charge in [-0.2, -0.15) is 0 Å². The van der Waals surface area contributed by atoms with E-state index >= 15 is 0 Å². The first kappa shape index (κ1) is 12.5. The molecule has 1 amide bonds. The number of amides is 1. The van der Waals surface area contributed by atoms with Gasteiger partial charge in [0, 0.05) is 31.6 Å². The lowest BCUT2D eigenvalue weighted by Crippen LogP contribution is -2.36. The zero-order valence-corrected chi connectivity index (χ0v) is 9.83. The number of nitrogens with zero attached hydrogens (tertiary/aromatic N) is 1. The maximum atomic E-state index is 11.4. The molecule has 88 valence electrons. The van der Waals surface area contributed by atoms with Gasteiger partial charge in [-0.25, -0.2) is 0 Å². The van der Waals surface area contributed by atoms with E-state index in [9.17, 15) is 4.79 Å². The van der Waals surface area contributed by atoms with Crippen LogP contribution < -0.4 is 11.1 Å². The summed E-state index contributed by atoms with van der Waals surface area (Å²) >= 11 is 0.